The van der Waals surface area contributed by atoms with E-state index in [0.29, 0.717) is 49.5 Å². The maximum absolute atomic E-state index is 13.3. The van der Waals surface area contributed by atoms with E-state index in [1.165, 1.54) is 17.2 Å². The van der Waals surface area contributed by atoms with E-state index in [4.69, 9.17) is 9.47 Å². The van der Waals surface area contributed by atoms with Gasteiger partial charge in [-0.2, -0.15) is 5.26 Å². The summed E-state index contributed by atoms with van der Waals surface area (Å²) in [7, 11) is 1.62. The number of ether oxygens (including phenoxy) is 2. The topological polar surface area (TPSA) is 138 Å². The quantitative estimate of drug-likeness (QED) is 0.552. The summed E-state index contributed by atoms with van der Waals surface area (Å²) in [5.41, 5.74) is 2.02. The highest BCUT2D eigenvalue weighted by Crippen LogP contribution is 2.32. The average Bonchev–Trinajstić information content (AvgIpc) is 3.22. The van der Waals surface area contributed by atoms with Gasteiger partial charge in [-0.25, -0.2) is 14.8 Å². The number of hydrogen-bond donors (Lipinski definition) is 1. The molecule has 0 bridgehead atoms. The first-order valence-electron chi connectivity index (χ1n) is 12.9. The molecule has 0 radical (unpaired) electrons. The molecule has 0 spiro atoms. The van der Waals surface area contributed by atoms with Gasteiger partial charge >= 0.3 is 6.03 Å². The van der Waals surface area contributed by atoms with Crippen molar-refractivity contribution in [2.75, 3.05) is 30.4 Å². The van der Waals surface area contributed by atoms with Crippen LogP contribution in [0, 0.1) is 17.2 Å². The van der Waals surface area contributed by atoms with E-state index in [9.17, 15) is 19.6 Å². The molecule has 38 heavy (non-hydrogen) atoms. The number of likely N-dealkylation sites (tertiary alicyclic amines) is 1. The highest BCUT2D eigenvalue weighted by atomic mass is 16.5. The molecule has 3 aliphatic rings. The normalized spacial score (nSPS) is 22.3. The molecule has 198 valence electrons. The van der Waals surface area contributed by atoms with Crippen molar-refractivity contribution >= 4 is 29.9 Å². The zero-order chi connectivity index (χ0) is 26.8. The van der Waals surface area contributed by atoms with Gasteiger partial charge in [0.1, 0.15) is 40.8 Å². The van der Waals surface area contributed by atoms with Crippen LogP contribution in [-0.2, 0) is 22.5 Å². The number of aldehydes is 1. The standard InChI is InChI=1S/C27H30N6O5/c1-16-7-9-32(26(16)35)14-18-10-17-4-3-8-33(25(17)30-20(18)15-34)27(36)31-24-11-23(19(12-28)13-29-24)38-22-6-5-21(22)37-2/h10-11,13,15-16,21-22H,3-9,14H2,1-2H3,(H,29,31,36)/t16?,21-,22-/m1/s1. The summed E-state index contributed by atoms with van der Waals surface area (Å²) >= 11 is 0. The number of nitrogens with zero attached hydrogens (tertiary/aromatic N) is 5. The minimum absolute atomic E-state index is 0.0173. The fraction of sp³-hybridized carbons (Fsp3) is 0.481. The third kappa shape index (κ3) is 4.91. The van der Waals surface area contributed by atoms with Crippen molar-refractivity contribution < 1.29 is 23.9 Å². The Hall–Kier alpha value is -4.04. The molecule has 2 aliphatic heterocycles. The summed E-state index contributed by atoms with van der Waals surface area (Å²) < 4.78 is 11.4. The van der Waals surface area contributed by atoms with E-state index in [0.717, 1.165) is 31.2 Å². The lowest BCUT2D eigenvalue weighted by atomic mass is 9.92. The van der Waals surface area contributed by atoms with Crippen molar-refractivity contribution in [3.8, 4) is 11.8 Å². The van der Waals surface area contributed by atoms with Gasteiger partial charge in [-0.05, 0) is 43.7 Å². The predicted molar refractivity (Wildman–Crippen MR) is 137 cm³/mol. The molecule has 2 aromatic rings. The number of rotatable bonds is 7. The molecule has 1 N–H and O–H groups in total. The highest BCUT2D eigenvalue weighted by Gasteiger charge is 2.34. The van der Waals surface area contributed by atoms with E-state index >= 15 is 0 Å². The maximum Gasteiger partial charge on any atom is 0.328 e. The zero-order valence-electron chi connectivity index (χ0n) is 21.5. The van der Waals surface area contributed by atoms with Crippen molar-refractivity contribution in [2.45, 2.75) is 57.8 Å². The van der Waals surface area contributed by atoms with Crippen LogP contribution in [0.3, 0.4) is 0 Å². The van der Waals surface area contributed by atoms with Crippen LogP contribution in [0.4, 0.5) is 16.4 Å². The monoisotopic (exact) mass is 518 g/mol. The first kappa shape index (κ1) is 25.6. The number of fused-ring (bicyclic) bond motifs is 1. The SMILES string of the molecule is CO[C@@H]1CC[C@H]1Oc1cc(NC(=O)N2CCCc3cc(CN4CCC(C)C4=O)c(C=O)nc32)ncc1C#N. The van der Waals surface area contributed by atoms with Crippen LogP contribution >= 0.6 is 0 Å². The van der Waals surface area contributed by atoms with Crippen molar-refractivity contribution in [3.05, 3.63) is 40.7 Å². The maximum atomic E-state index is 13.3. The number of carbonyl (C=O) groups is 3. The fourth-order valence-electron chi connectivity index (χ4n) is 5.11. The number of nitriles is 1. The van der Waals surface area contributed by atoms with Gasteiger partial charge < -0.3 is 14.4 Å². The number of aromatic nitrogens is 2. The number of methoxy groups -OCH3 is 1. The van der Waals surface area contributed by atoms with E-state index in [1.54, 1.807) is 12.0 Å². The van der Waals surface area contributed by atoms with Crippen LogP contribution in [0.5, 0.6) is 5.75 Å². The van der Waals surface area contributed by atoms with Crippen LogP contribution in [0.15, 0.2) is 18.3 Å². The Bertz CT molecular complexity index is 1310. The van der Waals surface area contributed by atoms with Gasteiger partial charge in [-0.15, -0.1) is 0 Å². The number of pyridine rings is 2. The molecule has 2 aromatic heterocycles. The second-order valence-corrected chi connectivity index (χ2v) is 9.95. The smallest absolute Gasteiger partial charge is 0.328 e. The van der Waals surface area contributed by atoms with Gasteiger partial charge in [0.25, 0.3) is 0 Å². The molecule has 0 aromatic carbocycles. The molecule has 3 atom stereocenters. The third-order valence-corrected chi connectivity index (χ3v) is 7.51. The van der Waals surface area contributed by atoms with Crippen molar-refractivity contribution in [2.24, 2.45) is 5.92 Å². The van der Waals surface area contributed by atoms with Gasteiger partial charge in [-0.3, -0.25) is 19.8 Å². The molecule has 1 aliphatic carbocycles. The summed E-state index contributed by atoms with van der Waals surface area (Å²) in [5, 5.41) is 12.2. The first-order chi connectivity index (χ1) is 18.4. The molecule has 2 fully saturated rings. The number of aryl methyl sites for hydroxylation is 1. The van der Waals surface area contributed by atoms with E-state index < -0.39 is 6.03 Å². The number of carbonyl (C=O) groups excluding carboxylic acids is 3. The fourth-order valence-corrected chi connectivity index (χ4v) is 5.11. The molecular formula is C27H30N6O5. The molecule has 5 rings (SSSR count). The molecule has 4 heterocycles. The van der Waals surface area contributed by atoms with Gasteiger partial charge in [0.05, 0.1) is 12.3 Å². The molecule has 1 saturated heterocycles. The zero-order valence-corrected chi connectivity index (χ0v) is 21.5. The van der Waals surface area contributed by atoms with E-state index in [2.05, 4.69) is 21.4 Å². The largest absolute Gasteiger partial charge is 0.486 e. The molecule has 11 nitrogen and oxygen atoms in total. The number of hydrogen-bond acceptors (Lipinski definition) is 8. The Morgan fingerprint density at radius 2 is 2.08 bits per heavy atom. The second-order valence-electron chi connectivity index (χ2n) is 9.95. The summed E-state index contributed by atoms with van der Waals surface area (Å²) in [6.45, 7) is 3.31. The molecule has 11 heteroatoms. The number of anilines is 2. The summed E-state index contributed by atoms with van der Waals surface area (Å²) in [4.78, 5) is 49.6. The van der Waals surface area contributed by atoms with Crippen molar-refractivity contribution in [1.82, 2.24) is 14.9 Å². The lowest BCUT2D eigenvalue weighted by Gasteiger charge is -2.35. The predicted octanol–water partition coefficient (Wildman–Crippen LogP) is 3.07. The molecule has 1 saturated carbocycles. The molecule has 1 unspecified atom stereocenters. The van der Waals surface area contributed by atoms with E-state index in [1.807, 2.05) is 13.0 Å². The number of amides is 3. The Morgan fingerprint density at radius 3 is 2.74 bits per heavy atom. The minimum Gasteiger partial charge on any atom is -0.486 e. The van der Waals surface area contributed by atoms with Crippen LogP contribution < -0.4 is 15.0 Å². The third-order valence-electron chi connectivity index (χ3n) is 7.51. The average molecular weight is 519 g/mol. The van der Waals surface area contributed by atoms with Gasteiger partial charge in [-0.1, -0.05) is 6.92 Å². The molecule has 3 amide bonds. The van der Waals surface area contributed by atoms with Crippen LogP contribution in [0.2, 0.25) is 0 Å². The van der Waals surface area contributed by atoms with Crippen molar-refractivity contribution in [3.63, 3.8) is 0 Å². The van der Waals surface area contributed by atoms with Gasteiger partial charge in [0.2, 0.25) is 5.91 Å². The minimum atomic E-state index is -0.451. The summed E-state index contributed by atoms with van der Waals surface area (Å²) in [5.74, 6) is 1.05. The van der Waals surface area contributed by atoms with E-state index in [-0.39, 0.29) is 41.1 Å². The summed E-state index contributed by atoms with van der Waals surface area (Å²) in [6.07, 6.45) is 5.76. The van der Waals surface area contributed by atoms with Crippen LogP contribution in [-0.4, -0.2) is 65.5 Å². The summed E-state index contributed by atoms with van der Waals surface area (Å²) in [6, 6.07) is 5.04. The molecular weight excluding hydrogens is 488 g/mol. The highest BCUT2D eigenvalue weighted by molar-refractivity contribution is 6.01. The Kier molecular flexibility index (Phi) is 7.24. The number of nitrogens with one attached hydrogen (secondary N) is 1. The number of urea groups is 1. The van der Waals surface area contributed by atoms with Gasteiger partial charge in [0.15, 0.2) is 6.29 Å². The Morgan fingerprint density at radius 1 is 1.26 bits per heavy atom. The Labute approximate surface area is 220 Å². The van der Waals surface area contributed by atoms with Crippen LogP contribution in [0.25, 0.3) is 0 Å². The second kappa shape index (κ2) is 10.8. The first-order valence-corrected chi connectivity index (χ1v) is 12.9. The lowest BCUT2D eigenvalue weighted by molar-refractivity contribution is -0.131. The van der Waals surface area contributed by atoms with Crippen LogP contribution in [0.1, 0.15) is 59.8 Å². The van der Waals surface area contributed by atoms with Gasteiger partial charge in [0, 0.05) is 44.3 Å². The Balaban J connectivity index is 1.35. The van der Waals surface area contributed by atoms with Crippen molar-refractivity contribution in [1.29, 1.82) is 5.26 Å². The lowest BCUT2D eigenvalue weighted by Crippen LogP contribution is -2.42.